The topological polar surface area (TPSA) is 85.3 Å². The van der Waals surface area contributed by atoms with Gasteiger partial charge in [-0.1, -0.05) is 35.9 Å². The molecule has 0 saturated carbocycles. The number of benzene rings is 2. The second kappa shape index (κ2) is 11.4. The fraction of sp³-hybridized carbons (Fsp3) is 0.483. The summed E-state index contributed by atoms with van der Waals surface area (Å²) in [6, 6.07) is 11.0. The van der Waals surface area contributed by atoms with Gasteiger partial charge in [-0.05, 0) is 50.4 Å². The SMILES string of the molecule is CN1CCC[C@H]1COc1nc2c(c(N3CCN(C(=O)O)C[C@@H]3C(F)F)n1)CCN(c1cccc3cccc(Cl)c13)C2. The van der Waals surface area contributed by atoms with Crippen LogP contribution in [0.15, 0.2) is 36.4 Å². The minimum absolute atomic E-state index is 0.109. The number of alkyl halides is 2. The van der Waals surface area contributed by atoms with E-state index in [2.05, 4.69) is 16.8 Å². The lowest BCUT2D eigenvalue weighted by atomic mass is 10.0. The smallest absolute Gasteiger partial charge is 0.407 e. The molecule has 2 saturated heterocycles. The molecular formula is C29H33ClF2N6O3. The number of amides is 1. The number of halogens is 3. The predicted octanol–water partition coefficient (Wildman–Crippen LogP) is 4.75. The maximum absolute atomic E-state index is 14.3. The van der Waals surface area contributed by atoms with Crippen LogP contribution in [-0.2, 0) is 13.0 Å². The van der Waals surface area contributed by atoms with E-state index in [1.54, 1.807) is 4.90 Å². The van der Waals surface area contributed by atoms with E-state index in [0.717, 1.165) is 46.3 Å². The number of ether oxygens (including phenoxy) is 1. The third-order valence-electron chi connectivity index (χ3n) is 8.52. The summed E-state index contributed by atoms with van der Waals surface area (Å²) < 4.78 is 34.8. The van der Waals surface area contributed by atoms with Crippen molar-refractivity contribution in [3.63, 3.8) is 0 Å². The number of carbonyl (C=O) groups is 1. The Balaban J connectivity index is 1.37. The van der Waals surface area contributed by atoms with Gasteiger partial charge >= 0.3 is 12.1 Å². The minimum atomic E-state index is -2.75. The highest BCUT2D eigenvalue weighted by molar-refractivity contribution is 6.36. The van der Waals surface area contributed by atoms with Crippen LogP contribution >= 0.6 is 11.6 Å². The number of piperazine rings is 1. The second-order valence-electron chi connectivity index (χ2n) is 11.0. The molecule has 1 aromatic heterocycles. The van der Waals surface area contributed by atoms with Gasteiger partial charge in [0.25, 0.3) is 6.43 Å². The Morgan fingerprint density at radius 3 is 2.68 bits per heavy atom. The number of rotatable bonds is 6. The molecule has 0 unspecified atom stereocenters. The van der Waals surface area contributed by atoms with Crippen molar-refractivity contribution >= 4 is 40.0 Å². The van der Waals surface area contributed by atoms with Crippen LogP contribution in [0.2, 0.25) is 5.02 Å². The maximum Gasteiger partial charge on any atom is 0.407 e. The average molecular weight is 587 g/mol. The molecule has 4 heterocycles. The van der Waals surface area contributed by atoms with E-state index in [9.17, 15) is 18.7 Å². The molecule has 3 aliphatic heterocycles. The zero-order valence-corrected chi connectivity index (χ0v) is 23.6. The van der Waals surface area contributed by atoms with Gasteiger partial charge in [0.05, 0.1) is 23.8 Å². The standard InChI is InChI=1S/C29H33ClF2N6O3/c1-35-11-4-7-19(35)17-41-28-33-22-15-36(23-9-3-6-18-5-2-8-21(30)25(18)23)12-10-20(22)27(34-28)38-14-13-37(29(39)40)16-24(38)26(31)32/h2-3,5-6,8-9,19,24,26H,4,7,10-17H2,1H3,(H,39,40)/t19-,24+/m0/s1. The van der Waals surface area contributed by atoms with Crippen LogP contribution in [0.5, 0.6) is 6.01 Å². The lowest BCUT2D eigenvalue weighted by molar-refractivity contribution is 0.0704. The number of aromatic nitrogens is 2. The summed E-state index contributed by atoms with van der Waals surface area (Å²) >= 11 is 6.63. The van der Waals surface area contributed by atoms with Gasteiger partial charge in [0.15, 0.2) is 0 Å². The molecule has 218 valence electrons. The first kappa shape index (κ1) is 27.7. The van der Waals surface area contributed by atoms with Gasteiger partial charge in [0.2, 0.25) is 0 Å². The Kier molecular flexibility index (Phi) is 7.74. The summed E-state index contributed by atoms with van der Waals surface area (Å²) in [5, 5.41) is 12.1. The summed E-state index contributed by atoms with van der Waals surface area (Å²) in [7, 11) is 2.06. The molecule has 3 aromatic rings. The van der Waals surface area contributed by atoms with Crippen molar-refractivity contribution in [1.82, 2.24) is 19.8 Å². The molecule has 0 spiro atoms. The Labute approximate surface area is 242 Å². The number of nitrogens with zero attached hydrogens (tertiary/aromatic N) is 6. The van der Waals surface area contributed by atoms with Gasteiger partial charge in [0, 0.05) is 42.3 Å². The van der Waals surface area contributed by atoms with Gasteiger partial charge in [0.1, 0.15) is 18.5 Å². The van der Waals surface area contributed by atoms with Gasteiger partial charge in [-0.3, -0.25) is 0 Å². The van der Waals surface area contributed by atoms with Crippen molar-refractivity contribution in [3.8, 4) is 6.01 Å². The average Bonchev–Trinajstić information content (AvgIpc) is 3.39. The molecule has 6 rings (SSSR count). The molecule has 1 N–H and O–H groups in total. The number of likely N-dealkylation sites (N-methyl/N-ethyl adjacent to an activating group) is 1. The van der Waals surface area contributed by atoms with Crippen LogP contribution in [0.4, 0.5) is 25.1 Å². The molecule has 3 aliphatic rings. The molecular weight excluding hydrogens is 554 g/mol. The van der Waals surface area contributed by atoms with Crippen LogP contribution in [0, 0.1) is 0 Å². The van der Waals surface area contributed by atoms with Crippen molar-refractivity contribution in [2.24, 2.45) is 0 Å². The Morgan fingerprint density at radius 1 is 1.15 bits per heavy atom. The number of hydrogen-bond acceptors (Lipinski definition) is 7. The molecule has 2 fully saturated rings. The number of carboxylic acid groups (broad SMARTS) is 1. The van der Waals surface area contributed by atoms with Crippen LogP contribution < -0.4 is 14.5 Å². The van der Waals surface area contributed by atoms with E-state index in [0.29, 0.717) is 42.7 Å². The summed E-state index contributed by atoms with van der Waals surface area (Å²) in [6.45, 7) is 2.38. The van der Waals surface area contributed by atoms with Crippen LogP contribution in [-0.4, -0.2) is 95.9 Å². The highest BCUT2D eigenvalue weighted by atomic mass is 35.5. The number of fused-ring (bicyclic) bond motifs is 2. The Hall–Kier alpha value is -3.44. The molecule has 41 heavy (non-hydrogen) atoms. The molecule has 12 heteroatoms. The monoisotopic (exact) mass is 586 g/mol. The molecule has 2 aromatic carbocycles. The van der Waals surface area contributed by atoms with Gasteiger partial charge in [-0.2, -0.15) is 9.97 Å². The lowest BCUT2D eigenvalue weighted by Crippen LogP contribution is -2.58. The lowest BCUT2D eigenvalue weighted by Gasteiger charge is -2.42. The Bertz CT molecular complexity index is 1440. The first-order valence-electron chi connectivity index (χ1n) is 14.0. The van der Waals surface area contributed by atoms with Gasteiger partial charge in [-0.15, -0.1) is 0 Å². The molecule has 0 radical (unpaired) electrons. The van der Waals surface area contributed by atoms with E-state index in [1.165, 1.54) is 0 Å². The summed E-state index contributed by atoms with van der Waals surface area (Å²) in [4.78, 5) is 28.1. The molecule has 0 aliphatic carbocycles. The van der Waals surface area contributed by atoms with Crippen molar-refractivity contribution in [2.45, 2.75) is 44.3 Å². The van der Waals surface area contributed by atoms with E-state index >= 15 is 0 Å². The highest BCUT2D eigenvalue weighted by Gasteiger charge is 2.39. The zero-order valence-electron chi connectivity index (χ0n) is 22.8. The van der Waals surface area contributed by atoms with E-state index in [4.69, 9.17) is 26.3 Å². The minimum Gasteiger partial charge on any atom is -0.465 e. The van der Waals surface area contributed by atoms with Crippen molar-refractivity contribution in [1.29, 1.82) is 0 Å². The van der Waals surface area contributed by atoms with Gasteiger partial charge < -0.3 is 29.4 Å². The summed E-state index contributed by atoms with van der Waals surface area (Å²) in [6.07, 6.45) is -1.32. The van der Waals surface area contributed by atoms with Crippen molar-refractivity contribution < 1.29 is 23.4 Å². The number of likely N-dealkylation sites (tertiary alicyclic amines) is 1. The number of anilines is 2. The summed E-state index contributed by atoms with van der Waals surface area (Å²) in [5.74, 6) is 0.413. The van der Waals surface area contributed by atoms with Crippen molar-refractivity contribution in [2.75, 3.05) is 56.2 Å². The third kappa shape index (κ3) is 5.44. The van der Waals surface area contributed by atoms with Crippen LogP contribution in [0.25, 0.3) is 10.8 Å². The third-order valence-corrected chi connectivity index (χ3v) is 8.84. The van der Waals surface area contributed by atoms with Crippen molar-refractivity contribution in [3.05, 3.63) is 52.7 Å². The zero-order chi connectivity index (χ0) is 28.7. The summed E-state index contributed by atoms with van der Waals surface area (Å²) in [5.41, 5.74) is 2.50. The predicted molar refractivity (Wildman–Crippen MR) is 154 cm³/mol. The molecule has 9 nitrogen and oxygen atoms in total. The quantitative estimate of drug-likeness (QED) is 0.443. The highest BCUT2D eigenvalue weighted by Crippen LogP contribution is 2.38. The van der Waals surface area contributed by atoms with Gasteiger partial charge in [-0.25, -0.2) is 13.6 Å². The molecule has 2 atom stereocenters. The second-order valence-corrected chi connectivity index (χ2v) is 11.4. The van der Waals surface area contributed by atoms with Crippen LogP contribution in [0.1, 0.15) is 24.1 Å². The van der Waals surface area contributed by atoms with E-state index in [1.807, 2.05) is 36.4 Å². The number of hydrogen-bond donors (Lipinski definition) is 1. The normalized spacial score (nSPS) is 21.5. The largest absolute Gasteiger partial charge is 0.465 e. The van der Waals surface area contributed by atoms with E-state index < -0.39 is 18.6 Å². The molecule has 1 amide bonds. The Morgan fingerprint density at radius 2 is 1.95 bits per heavy atom. The fourth-order valence-corrected chi connectivity index (χ4v) is 6.54. The molecule has 0 bridgehead atoms. The van der Waals surface area contributed by atoms with E-state index in [-0.39, 0.29) is 31.7 Å². The maximum atomic E-state index is 14.3. The first-order valence-corrected chi connectivity index (χ1v) is 14.4. The van der Waals surface area contributed by atoms with Crippen LogP contribution in [0.3, 0.4) is 0 Å². The first-order chi connectivity index (χ1) is 19.8. The fourth-order valence-electron chi connectivity index (χ4n) is 6.26.